The van der Waals surface area contributed by atoms with Crippen LogP contribution in [0.15, 0.2) is 6.20 Å². The number of rotatable bonds is 2. The molecular formula is C11H18N4O. The SMILES string of the molecule is NC(c1cn[nH]n1)C1CCOC2(CCC2)C1. The smallest absolute Gasteiger partial charge is 0.0994 e. The highest BCUT2D eigenvalue weighted by Gasteiger charge is 2.44. The molecule has 1 aromatic heterocycles. The van der Waals surface area contributed by atoms with Crippen LogP contribution in [0.4, 0.5) is 0 Å². The molecule has 2 heterocycles. The van der Waals surface area contributed by atoms with E-state index in [0.717, 1.165) is 25.1 Å². The van der Waals surface area contributed by atoms with E-state index >= 15 is 0 Å². The third-order valence-electron chi connectivity index (χ3n) is 4.08. The zero-order chi connectivity index (χ0) is 11.0. The lowest BCUT2D eigenvalue weighted by atomic mass is 9.70. The highest BCUT2D eigenvalue weighted by molar-refractivity contribution is 5.04. The number of hydrogen-bond donors (Lipinski definition) is 2. The van der Waals surface area contributed by atoms with Gasteiger partial charge < -0.3 is 10.5 Å². The fourth-order valence-electron chi connectivity index (χ4n) is 2.90. The first-order valence-corrected chi connectivity index (χ1v) is 6.04. The Morgan fingerprint density at radius 3 is 3.06 bits per heavy atom. The van der Waals surface area contributed by atoms with E-state index in [1.165, 1.54) is 19.3 Å². The minimum atomic E-state index is 0.000116. The van der Waals surface area contributed by atoms with Gasteiger partial charge in [0.2, 0.25) is 0 Å². The molecular weight excluding hydrogens is 204 g/mol. The van der Waals surface area contributed by atoms with Crippen LogP contribution < -0.4 is 5.73 Å². The van der Waals surface area contributed by atoms with E-state index in [4.69, 9.17) is 10.5 Å². The van der Waals surface area contributed by atoms with Crippen molar-refractivity contribution in [2.24, 2.45) is 11.7 Å². The molecule has 1 saturated carbocycles. The van der Waals surface area contributed by atoms with Gasteiger partial charge in [0.25, 0.3) is 0 Å². The molecule has 1 spiro atoms. The maximum atomic E-state index is 6.24. The molecule has 1 aromatic rings. The third kappa shape index (κ3) is 1.64. The van der Waals surface area contributed by atoms with Gasteiger partial charge in [-0.05, 0) is 38.0 Å². The highest BCUT2D eigenvalue weighted by Crippen LogP contribution is 2.46. The maximum Gasteiger partial charge on any atom is 0.0994 e. The van der Waals surface area contributed by atoms with Crippen molar-refractivity contribution in [3.05, 3.63) is 11.9 Å². The number of hydrogen-bond acceptors (Lipinski definition) is 4. The summed E-state index contributed by atoms with van der Waals surface area (Å²) in [5.74, 6) is 0.485. The summed E-state index contributed by atoms with van der Waals surface area (Å²) in [5, 5.41) is 10.5. The van der Waals surface area contributed by atoms with Gasteiger partial charge in [-0.2, -0.15) is 15.4 Å². The van der Waals surface area contributed by atoms with Crippen molar-refractivity contribution < 1.29 is 4.74 Å². The maximum absolute atomic E-state index is 6.24. The summed E-state index contributed by atoms with van der Waals surface area (Å²) >= 11 is 0. The summed E-state index contributed by atoms with van der Waals surface area (Å²) in [5.41, 5.74) is 7.27. The normalized spacial score (nSPS) is 29.9. The molecule has 2 aliphatic rings. The summed E-state index contributed by atoms with van der Waals surface area (Å²) in [4.78, 5) is 0. The first-order chi connectivity index (χ1) is 7.79. The number of ether oxygens (including phenoxy) is 1. The Morgan fingerprint density at radius 1 is 1.56 bits per heavy atom. The van der Waals surface area contributed by atoms with Gasteiger partial charge in [-0.25, -0.2) is 0 Å². The second-order valence-corrected chi connectivity index (χ2v) is 5.06. The lowest BCUT2D eigenvalue weighted by Gasteiger charge is -2.48. The predicted octanol–water partition coefficient (Wildman–Crippen LogP) is 1.15. The summed E-state index contributed by atoms with van der Waals surface area (Å²) in [7, 11) is 0. The monoisotopic (exact) mass is 222 g/mol. The fourth-order valence-corrected chi connectivity index (χ4v) is 2.90. The van der Waals surface area contributed by atoms with Crippen LogP contribution in [0.3, 0.4) is 0 Å². The minimum Gasteiger partial charge on any atom is -0.375 e. The number of nitrogens with zero attached hydrogens (tertiary/aromatic N) is 2. The Labute approximate surface area is 94.7 Å². The van der Waals surface area contributed by atoms with Crippen molar-refractivity contribution in [2.75, 3.05) is 6.61 Å². The van der Waals surface area contributed by atoms with Crippen molar-refractivity contribution in [1.29, 1.82) is 0 Å². The van der Waals surface area contributed by atoms with E-state index < -0.39 is 0 Å². The zero-order valence-electron chi connectivity index (χ0n) is 9.35. The van der Waals surface area contributed by atoms with Crippen LogP contribution in [0.5, 0.6) is 0 Å². The molecule has 0 amide bonds. The van der Waals surface area contributed by atoms with Crippen molar-refractivity contribution >= 4 is 0 Å². The largest absolute Gasteiger partial charge is 0.375 e. The van der Waals surface area contributed by atoms with Crippen LogP contribution in [0.1, 0.15) is 43.8 Å². The zero-order valence-corrected chi connectivity index (χ0v) is 9.35. The topological polar surface area (TPSA) is 76.8 Å². The highest BCUT2D eigenvalue weighted by atomic mass is 16.5. The molecule has 1 aliphatic carbocycles. The summed E-state index contributed by atoms with van der Waals surface area (Å²) in [6, 6.07) is 0.000116. The van der Waals surface area contributed by atoms with Crippen LogP contribution in [0, 0.1) is 5.92 Å². The van der Waals surface area contributed by atoms with E-state index in [9.17, 15) is 0 Å². The molecule has 1 saturated heterocycles. The molecule has 0 radical (unpaired) electrons. The molecule has 3 N–H and O–H groups in total. The lowest BCUT2D eigenvalue weighted by Crippen LogP contribution is -2.47. The van der Waals surface area contributed by atoms with Crippen LogP contribution in [-0.4, -0.2) is 27.6 Å². The Balaban J connectivity index is 1.70. The number of aromatic amines is 1. The number of aromatic nitrogens is 3. The molecule has 88 valence electrons. The van der Waals surface area contributed by atoms with Gasteiger partial charge in [0.1, 0.15) is 0 Å². The molecule has 5 heteroatoms. The molecule has 3 rings (SSSR count). The van der Waals surface area contributed by atoms with E-state index in [1.807, 2.05) is 0 Å². The van der Waals surface area contributed by atoms with Crippen LogP contribution in [-0.2, 0) is 4.74 Å². The quantitative estimate of drug-likeness (QED) is 0.787. The molecule has 2 atom stereocenters. The van der Waals surface area contributed by atoms with Gasteiger partial charge in [-0.1, -0.05) is 0 Å². The van der Waals surface area contributed by atoms with Gasteiger partial charge in [0.15, 0.2) is 0 Å². The van der Waals surface area contributed by atoms with Crippen molar-refractivity contribution in [3.8, 4) is 0 Å². The standard InChI is InChI=1S/C11H18N4O/c12-10(9-7-13-15-14-9)8-2-5-16-11(6-8)3-1-4-11/h7-8,10H,1-6,12H2,(H,13,14,15). The van der Waals surface area contributed by atoms with Crippen molar-refractivity contribution in [2.45, 2.75) is 43.7 Å². The summed E-state index contributed by atoms with van der Waals surface area (Å²) in [6.07, 6.45) is 7.56. The predicted molar refractivity (Wildman–Crippen MR) is 58.6 cm³/mol. The van der Waals surface area contributed by atoms with E-state index in [1.54, 1.807) is 6.20 Å². The van der Waals surface area contributed by atoms with E-state index in [-0.39, 0.29) is 11.6 Å². The summed E-state index contributed by atoms with van der Waals surface area (Å²) < 4.78 is 5.90. The molecule has 16 heavy (non-hydrogen) atoms. The lowest BCUT2D eigenvalue weighted by molar-refractivity contribution is -0.146. The van der Waals surface area contributed by atoms with Crippen molar-refractivity contribution in [3.63, 3.8) is 0 Å². The Morgan fingerprint density at radius 2 is 2.44 bits per heavy atom. The average molecular weight is 222 g/mol. The Kier molecular flexibility index (Phi) is 2.44. The van der Waals surface area contributed by atoms with Gasteiger partial charge >= 0.3 is 0 Å². The van der Waals surface area contributed by atoms with Gasteiger partial charge in [-0.15, -0.1) is 0 Å². The average Bonchev–Trinajstić information content (AvgIpc) is 2.79. The molecule has 2 unspecified atom stereocenters. The Hall–Kier alpha value is -0.940. The molecule has 0 bridgehead atoms. The molecule has 2 fully saturated rings. The van der Waals surface area contributed by atoms with E-state index in [0.29, 0.717) is 5.92 Å². The van der Waals surface area contributed by atoms with Crippen LogP contribution >= 0.6 is 0 Å². The molecule has 1 aliphatic heterocycles. The summed E-state index contributed by atoms with van der Waals surface area (Å²) in [6.45, 7) is 0.843. The number of nitrogens with one attached hydrogen (secondary N) is 1. The van der Waals surface area contributed by atoms with E-state index in [2.05, 4.69) is 15.4 Å². The minimum absolute atomic E-state index is 0.000116. The first-order valence-electron chi connectivity index (χ1n) is 6.04. The second kappa shape index (κ2) is 3.82. The second-order valence-electron chi connectivity index (χ2n) is 5.06. The van der Waals surface area contributed by atoms with Gasteiger partial charge in [0, 0.05) is 6.61 Å². The van der Waals surface area contributed by atoms with Crippen LogP contribution in [0.25, 0.3) is 0 Å². The molecule has 5 nitrogen and oxygen atoms in total. The van der Waals surface area contributed by atoms with Crippen molar-refractivity contribution in [1.82, 2.24) is 15.4 Å². The van der Waals surface area contributed by atoms with Gasteiger partial charge in [0.05, 0.1) is 23.5 Å². The number of nitrogens with two attached hydrogens (primary N) is 1. The first kappa shape index (κ1) is 10.2. The third-order valence-corrected chi connectivity index (χ3v) is 4.08. The van der Waals surface area contributed by atoms with Crippen LogP contribution in [0.2, 0.25) is 0 Å². The number of H-pyrrole nitrogens is 1. The van der Waals surface area contributed by atoms with Gasteiger partial charge in [-0.3, -0.25) is 0 Å². The molecule has 0 aromatic carbocycles. The fraction of sp³-hybridized carbons (Fsp3) is 0.818. The Bertz CT molecular complexity index is 347.